The zero-order valence-corrected chi connectivity index (χ0v) is 16.2. The van der Waals surface area contributed by atoms with Crippen LogP contribution in [0.15, 0.2) is 53.7 Å². The summed E-state index contributed by atoms with van der Waals surface area (Å²) in [6.45, 7) is 4.12. The largest absolute Gasteiger partial charge is 0.325 e. The van der Waals surface area contributed by atoms with Crippen LogP contribution in [0.2, 0.25) is 0 Å². The summed E-state index contributed by atoms with van der Waals surface area (Å²) in [6, 6.07) is 13.5. The quantitative estimate of drug-likeness (QED) is 0.511. The van der Waals surface area contributed by atoms with Crippen molar-refractivity contribution >= 4 is 39.9 Å². The smallest absolute Gasteiger partial charge is 0.234 e. The molecule has 1 amide bonds. The number of carbonyl (C=O) groups is 1. The average Bonchev–Trinajstić information content (AvgIpc) is 3.12. The number of anilines is 1. The van der Waals surface area contributed by atoms with Crippen LogP contribution in [0.25, 0.3) is 16.6 Å². The lowest BCUT2D eigenvalue weighted by Crippen LogP contribution is -2.14. The second-order valence-electron chi connectivity index (χ2n) is 6.63. The molecule has 0 bridgehead atoms. The highest BCUT2D eigenvalue weighted by molar-refractivity contribution is 7.99. The minimum absolute atomic E-state index is 0.155. The Morgan fingerprint density at radius 2 is 1.89 bits per heavy atom. The van der Waals surface area contributed by atoms with Gasteiger partial charge in [0.1, 0.15) is 11.6 Å². The number of halogens is 1. The van der Waals surface area contributed by atoms with Gasteiger partial charge in [-0.2, -0.15) is 0 Å². The third-order valence-electron chi connectivity index (χ3n) is 4.22. The van der Waals surface area contributed by atoms with Crippen molar-refractivity contribution in [3.05, 3.63) is 60.2 Å². The van der Waals surface area contributed by atoms with E-state index in [9.17, 15) is 9.18 Å². The highest BCUT2D eigenvalue weighted by Crippen LogP contribution is 2.27. The Labute approximate surface area is 165 Å². The molecule has 0 aliphatic rings. The van der Waals surface area contributed by atoms with E-state index >= 15 is 0 Å². The van der Waals surface area contributed by atoms with E-state index in [1.807, 2.05) is 28.7 Å². The van der Waals surface area contributed by atoms with Crippen molar-refractivity contribution in [1.82, 2.24) is 19.6 Å². The number of nitrogens with one attached hydrogen (secondary N) is 1. The molecule has 0 saturated carbocycles. The van der Waals surface area contributed by atoms with Crippen molar-refractivity contribution in [1.29, 1.82) is 0 Å². The summed E-state index contributed by atoms with van der Waals surface area (Å²) < 4.78 is 14.9. The summed E-state index contributed by atoms with van der Waals surface area (Å²) in [5, 5.41) is 12.9. The number of para-hydroxylation sites is 1. The Morgan fingerprint density at radius 3 is 2.64 bits per heavy atom. The highest BCUT2D eigenvalue weighted by atomic mass is 32.2. The molecule has 0 fully saturated rings. The van der Waals surface area contributed by atoms with E-state index < -0.39 is 0 Å². The molecule has 6 nitrogen and oxygen atoms in total. The van der Waals surface area contributed by atoms with Crippen molar-refractivity contribution in [3.63, 3.8) is 0 Å². The summed E-state index contributed by atoms with van der Waals surface area (Å²) in [7, 11) is 0. The van der Waals surface area contributed by atoms with Gasteiger partial charge >= 0.3 is 0 Å². The van der Waals surface area contributed by atoms with E-state index in [0.29, 0.717) is 10.8 Å². The number of nitrogens with zero attached hydrogens (tertiary/aromatic N) is 4. The van der Waals surface area contributed by atoms with Gasteiger partial charge in [0.05, 0.1) is 11.3 Å². The van der Waals surface area contributed by atoms with Crippen LogP contribution < -0.4 is 5.32 Å². The lowest BCUT2D eigenvalue weighted by Gasteiger charge is -2.11. The monoisotopic (exact) mass is 395 g/mol. The number of thioether (sulfide) groups is 1. The molecule has 2 aromatic carbocycles. The summed E-state index contributed by atoms with van der Waals surface area (Å²) in [5.74, 6) is 0.620. The second kappa shape index (κ2) is 7.55. The molecule has 1 N–H and O–H groups in total. The topological polar surface area (TPSA) is 72.2 Å². The number of amides is 1. The molecule has 0 aliphatic heterocycles. The lowest BCUT2D eigenvalue weighted by atomic mass is 10.2. The number of fused-ring (bicyclic) bond motifs is 3. The summed E-state index contributed by atoms with van der Waals surface area (Å²) in [5.41, 5.74) is 2.15. The fourth-order valence-corrected chi connectivity index (χ4v) is 3.67. The number of hydrogen-bond acceptors (Lipinski definition) is 5. The number of rotatable bonds is 5. The zero-order valence-electron chi connectivity index (χ0n) is 15.4. The molecule has 0 saturated heterocycles. The van der Waals surface area contributed by atoms with E-state index in [1.54, 1.807) is 0 Å². The maximum Gasteiger partial charge on any atom is 0.234 e. The molecule has 0 aliphatic carbocycles. The van der Waals surface area contributed by atoms with Crippen LogP contribution in [0, 0.1) is 5.82 Å². The third-order valence-corrected chi connectivity index (χ3v) is 5.15. The molecule has 8 heteroatoms. The van der Waals surface area contributed by atoms with Crippen LogP contribution in [0.5, 0.6) is 0 Å². The van der Waals surface area contributed by atoms with Crippen molar-refractivity contribution < 1.29 is 9.18 Å². The van der Waals surface area contributed by atoms with Crippen LogP contribution in [0.4, 0.5) is 10.1 Å². The van der Waals surface area contributed by atoms with Crippen molar-refractivity contribution in [2.24, 2.45) is 0 Å². The third kappa shape index (κ3) is 3.55. The average molecular weight is 395 g/mol. The van der Waals surface area contributed by atoms with E-state index in [-0.39, 0.29) is 23.4 Å². The molecule has 0 unspecified atom stereocenters. The molecule has 2 heterocycles. The van der Waals surface area contributed by atoms with Crippen LogP contribution in [0.3, 0.4) is 0 Å². The Morgan fingerprint density at radius 1 is 1.14 bits per heavy atom. The van der Waals surface area contributed by atoms with Gasteiger partial charge < -0.3 is 5.32 Å². The van der Waals surface area contributed by atoms with Gasteiger partial charge in [-0.05, 0) is 36.4 Å². The lowest BCUT2D eigenvalue weighted by molar-refractivity contribution is -0.113. The van der Waals surface area contributed by atoms with E-state index in [2.05, 4.69) is 29.4 Å². The molecule has 0 atom stereocenters. The van der Waals surface area contributed by atoms with E-state index in [4.69, 9.17) is 4.98 Å². The van der Waals surface area contributed by atoms with Gasteiger partial charge in [0.2, 0.25) is 5.91 Å². The Bertz CT molecular complexity index is 1160. The predicted molar refractivity (Wildman–Crippen MR) is 108 cm³/mol. The SMILES string of the molecule is CC(C)c1nc2ccccc2c2nnc(SCC(=O)Nc3ccc(F)cc3)n12. The normalized spacial score (nSPS) is 11.4. The molecule has 0 spiro atoms. The van der Waals surface area contributed by atoms with Crippen molar-refractivity contribution in [2.75, 3.05) is 11.1 Å². The van der Waals surface area contributed by atoms with Gasteiger partial charge in [-0.25, -0.2) is 9.37 Å². The molecular weight excluding hydrogens is 377 g/mol. The van der Waals surface area contributed by atoms with Gasteiger partial charge in [0.25, 0.3) is 0 Å². The van der Waals surface area contributed by atoms with Crippen molar-refractivity contribution in [2.45, 2.75) is 24.9 Å². The van der Waals surface area contributed by atoms with E-state index in [0.717, 1.165) is 22.4 Å². The van der Waals surface area contributed by atoms with Crippen molar-refractivity contribution in [3.8, 4) is 0 Å². The Hall–Kier alpha value is -3.00. The molecule has 142 valence electrons. The van der Waals surface area contributed by atoms with Gasteiger partial charge in [0, 0.05) is 17.0 Å². The number of benzene rings is 2. The molecule has 0 radical (unpaired) electrons. The second-order valence-corrected chi connectivity index (χ2v) is 7.57. The highest BCUT2D eigenvalue weighted by Gasteiger charge is 2.18. The summed E-state index contributed by atoms with van der Waals surface area (Å²) in [6.07, 6.45) is 0. The van der Waals surface area contributed by atoms with Gasteiger partial charge in [-0.3, -0.25) is 9.20 Å². The fourth-order valence-electron chi connectivity index (χ4n) is 2.93. The molecule has 4 rings (SSSR count). The maximum absolute atomic E-state index is 13.0. The molecular formula is C20H18FN5OS. The summed E-state index contributed by atoms with van der Waals surface area (Å²) in [4.78, 5) is 17.0. The predicted octanol–water partition coefficient (Wildman–Crippen LogP) is 4.27. The Balaban J connectivity index is 1.61. The molecule has 28 heavy (non-hydrogen) atoms. The van der Waals surface area contributed by atoms with Gasteiger partial charge in [-0.1, -0.05) is 37.7 Å². The molecule has 2 aromatic heterocycles. The van der Waals surface area contributed by atoms with Gasteiger partial charge in [0.15, 0.2) is 10.8 Å². The first-order valence-corrected chi connectivity index (χ1v) is 9.83. The first-order chi connectivity index (χ1) is 13.5. The van der Waals surface area contributed by atoms with Crippen LogP contribution >= 0.6 is 11.8 Å². The Kier molecular flexibility index (Phi) is 4.95. The summed E-state index contributed by atoms with van der Waals surface area (Å²) >= 11 is 1.29. The number of hydrogen-bond donors (Lipinski definition) is 1. The van der Waals surface area contributed by atoms with Crippen LogP contribution in [0.1, 0.15) is 25.6 Å². The van der Waals surface area contributed by atoms with Crippen LogP contribution in [-0.2, 0) is 4.79 Å². The standard InChI is InChI=1S/C20H18FN5OS/c1-12(2)18-23-16-6-4-3-5-15(16)19-24-25-20(26(18)19)28-11-17(27)22-14-9-7-13(21)8-10-14/h3-10,12H,11H2,1-2H3,(H,22,27). The number of carbonyl (C=O) groups excluding carboxylic acids is 1. The minimum Gasteiger partial charge on any atom is -0.325 e. The van der Waals surface area contributed by atoms with Crippen LogP contribution in [-0.4, -0.2) is 31.2 Å². The maximum atomic E-state index is 13.0. The zero-order chi connectivity index (χ0) is 19.7. The van der Waals surface area contributed by atoms with E-state index in [1.165, 1.54) is 36.0 Å². The minimum atomic E-state index is -0.344. The van der Waals surface area contributed by atoms with Gasteiger partial charge in [-0.15, -0.1) is 10.2 Å². The number of aromatic nitrogens is 4. The first-order valence-electron chi connectivity index (χ1n) is 8.85. The molecule has 4 aromatic rings. The first kappa shape index (κ1) is 18.4. The fraction of sp³-hybridized carbons (Fsp3) is 0.200.